The highest BCUT2D eigenvalue weighted by atomic mass is 16.4. The van der Waals surface area contributed by atoms with E-state index in [1.54, 1.807) is 0 Å². The van der Waals surface area contributed by atoms with Crippen LogP contribution in [0, 0.1) is 0 Å². The predicted molar refractivity (Wildman–Crippen MR) is 89.7 cm³/mol. The summed E-state index contributed by atoms with van der Waals surface area (Å²) >= 11 is 0. The first-order valence-electron chi connectivity index (χ1n) is 7.92. The molecule has 13 nitrogen and oxygen atoms in total. The van der Waals surface area contributed by atoms with E-state index in [-0.39, 0.29) is 12.8 Å². The van der Waals surface area contributed by atoms with Crippen LogP contribution in [-0.2, 0) is 24.0 Å². The maximum absolute atomic E-state index is 12.0. The van der Waals surface area contributed by atoms with Crippen LogP contribution in [-0.4, -0.2) is 82.3 Å². The van der Waals surface area contributed by atoms with Gasteiger partial charge in [0.1, 0.15) is 18.1 Å². The lowest BCUT2D eigenvalue weighted by Crippen LogP contribution is -2.57. The summed E-state index contributed by atoms with van der Waals surface area (Å²) in [5.74, 6) is -4.81. The van der Waals surface area contributed by atoms with Crippen molar-refractivity contribution in [3.63, 3.8) is 0 Å². The summed E-state index contributed by atoms with van der Waals surface area (Å²) in [5, 5.41) is 33.7. The van der Waals surface area contributed by atoms with Crippen molar-refractivity contribution in [2.24, 2.45) is 11.5 Å². The Labute approximate surface area is 154 Å². The Morgan fingerprint density at radius 2 is 1.67 bits per heavy atom. The van der Waals surface area contributed by atoms with Gasteiger partial charge in [0.15, 0.2) is 0 Å². The number of carbonyl (C=O) groups is 5. The van der Waals surface area contributed by atoms with Gasteiger partial charge < -0.3 is 42.7 Å². The first kappa shape index (κ1) is 24.2. The number of aliphatic hydroxyl groups excluding tert-OH is 2. The SMILES string of the molecule is CC(O)C(NC(=O)C(N)CO)C(=O)NCC(=O)NC(CCC(N)=O)C(=O)O. The fourth-order valence-corrected chi connectivity index (χ4v) is 1.82. The van der Waals surface area contributed by atoms with E-state index in [0.29, 0.717) is 0 Å². The third-order valence-electron chi connectivity index (χ3n) is 3.33. The molecule has 0 aromatic carbocycles. The minimum Gasteiger partial charge on any atom is -0.480 e. The number of carbonyl (C=O) groups excluding carboxylic acids is 4. The van der Waals surface area contributed by atoms with Gasteiger partial charge in [-0.3, -0.25) is 19.2 Å². The first-order chi connectivity index (χ1) is 12.5. The molecule has 4 atom stereocenters. The van der Waals surface area contributed by atoms with Crippen LogP contribution in [0.1, 0.15) is 19.8 Å². The van der Waals surface area contributed by atoms with Gasteiger partial charge in [-0.05, 0) is 13.3 Å². The van der Waals surface area contributed by atoms with Crippen molar-refractivity contribution in [3.05, 3.63) is 0 Å². The Kier molecular flexibility index (Phi) is 10.6. The average Bonchev–Trinajstić information content (AvgIpc) is 2.59. The van der Waals surface area contributed by atoms with E-state index in [9.17, 15) is 29.1 Å². The monoisotopic (exact) mass is 391 g/mol. The molecule has 0 aromatic heterocycles. The molecule has 0 fully saturated rings. The maximum Gasteiger partial charge on any atom is 0.326 e. The topological polar surface area (TPSA) is 234 Å². The number of aliphatic hydroxyl groups is 2. The fraction of sp³-hybridized carbons (Fsp3) is 0.643. The van der Waals surface area contributed by atoms with E-state index in [0.717, 1.165) is 0 Å². The number of carboxylic acids is 1. The van der Waals surface area contributed by atoms with Crippen molar-refractivity contribution in [2.45, 2.75) is 44.0 Å². The number of primary amides is 1. The molecule has 0 saturated heterocycles. The molecule has 0 heterocycles. The van der Waals surface area contributed by atoms with E-state index in [2.05, 4.69) is 16.0 Å². The smallest absolute Gasteiger partial charge is 0.326 e. The predicted octanol–water partition coefficient (Wildman–Crippen LogP) is -4.88. The number of nitrogens with two attached hydrogens (primary N) is 2. The second kappa shape index (κ2) is 11.8. The van der Waals surface area contributed by atoms with E-state index in [1.807, 2.05) is 0 Å². The van der Waals surface area contributed by atoms with E-state index >= 15 is 0 Å². The van der Waals surface area contributed by atoms with Crippen LogP contribution < -0.4 is 27.4 Å². The van der Waals surface area contributed by atoms with Crippen molar-refractivity contribution in [3.8, 4) is 0 Å². The van der Waals surface area contributed by atoms with Crippen molar-refractivity contribution in [1.82, 2.24) is 16.0 Å². The van der Waals surface area contributed by atoms with E-state index < -0.39 is 67.0 Å². The van der Waals surface area contributed by atoms with Crippen LogP contribution in [0.25, 0.3) is 0 Å². The summed E-state index contributed by atoms with van der Waals surface area (Å²) < 4.78 is 0. The van der Waals surface area contributed by atoms with Crippen molar-refractivity contribution in [2.75, 3.05) is 13.2 Å². The average molecular weight is 391 g/mol. The lowest BCUT2D eigenvalue weighted by Gasteiger charge is -2.22. The van der Waals surface area contributed by atoms with Gasteiger partial charge in [-0.15, -0.1) is 0 Å². The van der Waals surface area contributed by atoms with Crippen LogP contribution in [0.5, 0.6) is 0 Å². The summed E-state index contributed by atoms with van der Waals surface area (Å²) in [7, 11) is 0. The van der Waals surface area contributed by atoms with E-state index in [1.165, 1.54) is 6.92 Å². The second-order valence-corrected chi connectivity index (χ2v) is 5.70. The molecule has 13 heteroatoms. The van der Waals surface area contributed by atoms with Gasteiger partial charge in [-0.1, -0.05) is 0 Å². The normalized spacial score (nSPS) is 15.0. The highest BCUT2D eigenvalue weighted by molar-refractivity contribution is 5.93. The first-order valence-corrected chi connectivity index (χ1v) is 7.92. The molecule has 154 valence electrons. The summed E-state index contributed by atoms with van der Waals surface area (Å²) in [5.41, 5.74) is 10.2. The standard InChI is InChI=1S/C14H25N5O8/c1-6(21)11(19-12(24)7(15)5-20)13(25)17-4-10(23)18-8(14(26)27)2-3-9(16)22/h6-8,11,20-21H,2-5,15H2,1H3,(H2,16,22)(H,17,25)(H,18,23)(H,19,24)(H,26,27). The molecule has 0 bridgehead atoms. The Bertz CT molecular complexity index is 568. The molecule has 0 aliphatic carbocycles. The van der Waals surface area contributed by atoms with Gasteiger partial charge >= 0.3 is 5.97 Å². The number of hydrogen-bond acceptors (Lipinski definition) is 8. The number of carboxylic acid groups (broad SMARTS) is 1. The zero-order valence-electron chi connectivity index (χ0n) is 14.7. The highest BCUT2D eigenvalue weighted by Gasteiger charge is 2.28. The maximum atomic E-state index is 12.0. The summed E-state index contributed by atoms with van der Waals surface area (Å²) in [6.45, 7) is -0.117. The molecule has 0 aliphatic rings. The third-order valence-corrected chi connectivity index (χ3v) is 3.33. The van der Waals surface area contributed by atoms with Gasteiger partial charge in [0.2, 0.25) is 23.6 Å². The molecule has 27 heavy (non-hydrogen) atoms. The van der Waals surface area contributed by atoms with Crippen LogP contribution in [0.3, 0.4) is 0 Å². The number of nitrogens with one attached hydrogen (secondary N) is 3. The Hall–Kier alpha value is -2.77. The van der Waals surface area contributed by atoms with Gasteiger partial charge in [-0.2, -0.15) is 0 Å². The molecule has 0 saturated carbocycles. The Morgan fingerprint density at radius 3 is 2.11 bits per heavy atom. The minimum atomic E-state index is -1.45. The molecule has 0 rings (SSSR count). The Morgan fingerprint density at radius 1 is 1.07 bits per heavy atom. The molecule has 0 aliphatic heterocycles. The zero-order valence-corrected chi connectivity index (χ0v) is 14.7. The van der Waals surface area contributed by atoms with Gasteiger partial charge in [0, 0.05) is 6.42 Å². The van der Waals surface area contributed by atoms with Gasteiger partial charge in [-0.25, -0.2) is 4.79 Å². The van der Waals surface area contributed by atoms with Crippen molar-refractivity contribution >= 4 is 29.6 Å². The van der Waals surface area contributed by atoms with Crippen LogP contribution in [0.2, 0.25) is 0 Å². The van der Waals surface area contributed by atoms with Crippen molar-refractivity contribution < 1.29 is 39.3 Å². The lowest BCUT2D eigenvalue weighted by molar-refractivity contribution is -0.142. The quantitative estimate of drug-likeness (QED) is 0.159. The Balaban J connectivity index is 4.69. The molecule has 0 aromatic rings. The fourth-order valence-electron chi connectivity index (χ4n) is 1.82. The van der Waals surface area contributed by atoms with Gasteiger partial charge in [0.25, 0.3) is 0 Å². The molecular formula is C14H25N5O8. The minimum absolute atomic E-state index is 0.226. The van der Waals surface area contributed by atoms with Gasteiger partial charge in [0.05, 0.1) is 19.3 Å². The van der Waals surface area contributed by atoms with Crippen LogP contribution in [0.4, 0.5) is 0 Å². The van der Waals surface area contributed by atoms with Crippen LogP contribution in [0.15, 0.2) is 0 Å². The summed E-state index contributed by atoms with van der Waals surface area (Å²) in [6.07, 6.45) is -1.83. The highest BCUT2D eigenvalue weighted by Crippen LogP contribution is 1.98. The largest absolute Gasteiger partial charge is 0.480 e. The summed E-state index contributed by atoms with van der Waals surface area (Å²) in [6, 6.07) is -4.13. The zero-order chi connectivity index (χ0) is 21.1. The second-order valence-electron chi connectivity index (χ2n) is 5.70. The lowest BCUT2D eigenvalue weighted by atomic mass is 10.1. The number of amides is 4. The number of aliphatic carboxylic acids is 1. The van der Waals surface area contributed by atoms with Crippen LogP contribution >= 0.6 is 0 Å². The number of rotatable bonds is 12. The van der Waals surface area contributed by atoms with Crippen molar-refractivity contribution in [1.29, 1.82) is 0 Å². The summed E-state index contributed by atoms with van der Waals surface area (Å²) in [4.78, 5) is 57.1. The molecule has 4 amide bonds. The third kappa shape index (κ3) is 9.48. The molecule has 10 N–H and O–H groups in total. The molecule has 0 spiro atoms. The van der Waals surface area contributed by atoms with E-state index in [4.69, 9.17) is 21.7 Å². The molecular weight excluding hydrogens is 366 g/mol. The molecule has 0 radical (unpaired) electrons. The molecule has 4 unspecified atom stereocenters. The number of hydrogen-bond donors (Lipinski definition) is 8.